The molecule has 152 valence electrons. The Hall–Kier alpha value is -1.40. The number of carbonyl (C=O) groups excluding carboxylic acids is 1. The average Bonchev–Trinajstić information content (AvgIpc) is 2.70. The minimum atomic E-state index is -3.44. The molecule has 1 N–H and O–H groups in total. The zero-order valence-corrected chi connectivity index (χ0v) is 17.3. The van der Waals surface area contributed by atoms with Gasteiger partial charge in [0.2, 0.25) is 15.9 Å². The van der Waals surface area contributed by atoms with Crippen LogP contribution in [-0.4, -0.2) is 38.3 Å². The molecule has 0 aromatic heterocycles. The van der Waals surface area contributed by atoms with E-state index in [-0.39, 0.29) is 11.8 Å². The van der Waals surface area contributed by atoms with Crippen molar-refractivity contribution in [2.75, 3.05) is 19.6 Å². The largest absolute Gasteiger partial charge is 0.356 e. The van der Waals surface area contributed by atoms with Crippen LogP contribution >= 0.6 is 0 Å². The molecule has 1 amide bonds. The van der Waals surface area contributed by atoms with Crippen molar-refractivity contribution >= 4 is 15.9 Å². The average molecular weight is 395 g/mol. The fraction of sp³-hybridized carbons (Fsp3) is 0.667. The monoisotopic (exact) mass is 394 g/mol. The number of unbranched alkanes of at least 4 members (excludes halogenated alkanes) is 6. The molecule has 0 aliphatic carbocycles. The number of nitrogens with one attached hydrogen (secondary N) is 1. The van der Waals surface area contributed by atoms with Crippen molar-refractivity contribution < 1.29 is 13.2 Å². The highest BCUT2D eigenvalue weighted by atomic mass is 32.2. The first-order chi connectivity index (χ1) is 13.1. The Labute approximate surface area is 164 Å². The maximum Gasteiger partial charge on any atom is 0.243 e. The SMILES string of the molecule is CCCCCCCCCNC(=O)C1CCN(S(=O)(=O)c2ccccc2)CC1. The van der Waals surface area contributed by atoms with Gasteiger partial charge in [0.15, 0.2) is 0 Å². The summed E-state index contributed by atoms with van der Waals surface area (Å²) in [6.07, 6.45) is 9.80. The lowest BCUT2D eigenvalue weighted by Gasteiger charge is -2.30. The topological polar surface area (TPSA) is 66.5 Å². The first-order valence-electron chi connectivity index (χ1n) is 10.4. The molecule has 2 rings (SSSR count). The minimum absolute atomic E-state index is 0.0724. The molecule has 1 aliphatic heterocycles. The summed E-state index contributed by atoms with van der Waals surface area (Å²) in [6.45, 7) is 3.77. The van der Waals surface area contributed by atoms with Gasteiger partial charge in [-0.25, -0.2) is 8.42 Å². The third kappa shape index (κ3) is 6.92. The molecule has 1 heterocycles. The van der Waals surface area contributed by atoms with Crippen LogP contribution in [0.25, 0.3) is 0 Å². The van der Waals surface area contributed by atoms with E-state index in [0.717, 1.165) is 19.4 Å². The summed E-state index contributed by atoms with van der Waals surface area (Å²) >= 11 is 0. The molecular weight excluding hydrogens is 360 g/mol. The zero-order chi connectivity index (χ0) is 19.5. The molecule has 0 unspecified atom stereocenters. The molecule has 1 aliphatic rings. The second-order valence-corrected chi connectivity index (χ2v) is 9.34. The van der Waals surface area contributed by atoms with Crippen molar-refractivity contribution in [3.8, 4) is 0 Å². The lowest BCUT2D eigenvalue weighted by atomic mass is 9.97. The van der Waals surface area contributed by atoms with Gasteiger partial charge in [-0.2, -0.15) is 4.31 Å². The minimum Gasteiger partial charge on any atom is -0.356 e. The quantitative estimate of drug-likeness (QED) is 0.578. The molecule has 0 spiro atoms. The fourth-order valence-electron chi connectivity index (χ4n) is 3.54. The van der Waals surface area contributed by atoms with Crippen molar-refractivity contribution in [1.29, 1.82) is 0 Å². The number of benzene rings is 1. The van der Waals surface area contributed by atoms with E-state index in [9.17, 15) is 13.2 Å². The first-order valence-corrected chi connectivity index (χ1v) is 11.8. The Morgan fingerprint density at radius 3 is 2.22 bits per heavy atom. The van der Waals surface area contributed by atoms with Gasteiger partial charge in [0.25, 0.3) is 0 Å². The van der Waals surface area contributed by atoms with E-state index in [1.807, 2.05) is 0 Å². The third-order valence-electron chi connectivity index (χ3n) is 5.29. The fourth-order valence-corrected chi connectivity index (χ4v) is 5.03. The van der Waals surface area contributed by atoms with Crippen LogP contribution in [0.15, 0.2) is 35.2 Å². The van der Waals surface area contributed by atoms with Crippen molar-refractivity contribution in [3.63, 3.8) is 0 Å². The Morgan fingerprint density at radius 2 is 1.59 bits per heavy atom. The maximum absolute atomic E-state index is 12.6. The summed E-state index contributed by atoms with van der Waals surface area (Å²) in [4.78, 5) is 12.6. The Morgan fingerprint density at radius 1 is 1.00 bits per heavy atom. The zero-order valence-electron chi connectivity index (χ0n) is 16.5. The lowest BCUT2D eigenvalue weighted by Crippen LogP contribution is -2.43. The number of nitrogens with zero attached hydrogens (tertiary/aromatic N) is 1. The van der Waals surface area contributed by atoms with Crippen LogP contribution in [0.1, 0.15) is 64.7 Å². The van der Waals surface area contributed by atoms with Crippen molar-refractivity contribution in [2.45, 2.75) is 69.6 Å². The molecule has 5 nitrogen and oxygen atoms in total. The molecule has 1 saturated heterocycles. The number of rotatable bonds is 11. The van der Waals surface area contributed by atoms with E-state index in [1.165, 1.54) is 36.4 Å². The van der Waals surface area contributed by atoms with Gasteiger partial charge in [-0.05, 0) is 31.4 Å². The number of amides is 1. The Bertz CT molecular complexity index is 653. The standard InChI is InChI=1S/C21H34N2O3S/c1-2-3-4-5-6-7-11-16-22-21(24)19-14-17-23(18-15-19)27(25,26)20-12-9-8-10-13-20/h8-10,12-13,19H,2-7,11,14-18H2,1H3,(H,22,24). The van der Waals surface area contributed by atoms with Crippen LogP contribution in [0.3, 0.4) is 0 Å². The van der Waals surface area contributed by atoms with Crippen molar-refractivity contribution in [2.24, 2.45) is 5.92 Å². The second kappa shape index (κ2) is 11.4. The van der Waals surface area contributed by atoms with Crippen LogP contribution in [0.5, 0.6) is 0 Å². The molecule has 0 bridgehead atoms. The van der Waals surface area contributed by atoms with E-state index in [0.29, 0.717) is 30.8 Å². The third-order valence-corrected chi connectivity index (χ3v) is 7.20. The lowest BCUT2D eigenvalue weighted by molar-refractivity contribution is -0.126. The van der Waals surface area contributed by atoms with Gasteiger partial charge in [0.05, 0.1) is 4.90 Å². The van der Waals surface area contributed by atoms with Crippen LogP contribution in [0, 0.1) is 5.92 Å². The van der Waals surface area contributed by atoms with E-state index in [2.05, 4.69) is 12.2 Å². The smallest absolute Gasteiger partial charge is 0.243 e. The summed E-state index contributed by atoms with van der Waals surface area (Å²) in [7, 11) is -3.44. The molecule has 0 radical (unpaired) electrons. The van der Waals surface area contributed by atoms with Crippen LogP contribution < -0.4 is 5.32 Å². The Kier molecular flexibility index (Phi) is 9.28. The van der Waals surface area contributed by atoms with Gasteiger partial charge in [0, 0.05) is 25.6 Å². The second-order valence-electron chi connectivity index (χ2n) is 7.40. The number of hydrogen-bond donors (Lipinski definition) is 1. The summed E-state index contributed by atoms with van der Waals surface area (Å²) in [5.74, 6) is 0.00881. The van der Waals surface area contributed by atoms with Crippen molar-refractivity contribution in [1.82, 2.24) is 9.62 Å². The van der Waals surface area contributed by atoms with E-state index < -0.39 is 10.0 Å². The summed E-state index contributed by atoms with van der Waals surface area (Å²) in [5.41, 5.74) is 0. The van der Waals surface area contributed by atoms with Gasteiger partial charge in [0.1, 0.15) is 0 Å². The van der Waals surface area contributed by atoms with Crippen LogP contribution in [-0.2, 0) is 14.8 Å². The van der Waals surface area contributed by atoms with Gasteiger partial charge in [-0.3, -0.25) is 4.79 Å². The predicted octanol–water partition coefficient (Wildman–Crippen LogP) is 3.95. The van der Waals surface area contributed by atoms with Gasteiger partial charge >= 0.3 is 0 Å². The highest BCUT2D eigenvalue weighted by Gasteiger charge is 2.31. The summed E-state index contributed by atoms with van der Waals surface area (Å²) in [5, 5.41) is 3.03. The maximum atomic E-state index is 12.6. The van der Waals surface area contributed by atoms with Crippen molar-refractivity contribution in [3.05, 3.63) is 30.3 Å². The van der Waals surface area contributed by atoms with E-state index in [4.69, 9.17) is 0 Å². The van der Waals surface area contributed by atoms with E-state index >= 15 is 0 Å². The molecule has 0 saturated carbocycles. The number of carbonyl (C=O) groups is 1. The van der Waals surface area contributed by atoms with Gasteiger partial charge < -0.3 is 5.32 Å². The van der Waals surface area contributed by atoms with Crippen LogP contribution in [0.2, 0.25) is 0 Å². The molecule has 6 heteroatoms. The highest BCUT2D eigenvalue weighted by molar-refractivity contribution is 7.89. The summed E-state index contributed by atoms with van der Waals surface area (Å²) < 4.78 is 26.8. The molecule has 1 fully saturated rings. The molecule has 1 aromatic carbocycles. The van der Waals surface area contributed by atoms with Gasteiger partial charge in [-0.15, -0.1) is 0 Å². The predicted molar refractivity (Wildman–Crippen MR) is 109 cm³/mol. The van der Waals surface area contributed by atoms with E-state index in [1.54, 1.807) is 30.3 Å². The number of hydrogen-bond acceptors (Lipinski definition) is 3. The molecular formula is C21H34N2O3S. The first kappa shape index (κ1) is 21.9. The molecule has 27 heavy (non-hydrogen) atoms. The number of piperidine rings is 1. The number of sulfonamides is 1. The molecule has 1 aromatic rings. The normalized spacial score (nSPS) is 16.3. The Balaban J connectivity index is 1.66. The highest BCUT2D eigenvalue weighted by Crippen LogP contribution is 2.23. The van der Waals surface area contributed by atoms with Crippen LogP contribution in [0.4, 0.5) is 0 Å². The molecule has 0 atom stereocenters. The van der Waals surface area contributed by atoms with Gasteiger partial charge in [-0.1, -0.05) is 63.6 Å². The summed E-state index contributed by atoms with van der Waals surface area (Å²) in [6, 6.07) is 8.52.